The fraction of sp³-hybridized carbons (Fsp3) is 0.400. The van der Waals surface area contributed by atoms with Crippen LogP contribution in [-0.2, 0) is 11.4 Å². The van der Waals surface area contributed by atoms with Crippen LogP contribution >= 0.6 is 15.9 Å². The first-order chi connectivity index (χ1) is 13.5. The van der Waals surface area contributed by atoms with Gasteiger partial charge in [0.2, 0.25) is 5.91 Å². The van der Waals surface area contributed by atoms with Gasteiger partial charge in [0.05, 0.1) is 6.54 Å². The first-order valence-electron chi connectivity index (χ1n) is 9.30. The molecule has 0 radical (unpaired) electrons. The van der Waals surface area contributed by atoms with Crippen molar-refractivity contribution in [1.82, 2.24) is 15.1 Å². The molecule has 0 bridgehead atoms. The summed E-state index contributed by atoms with van der Waals surface area (Å²) >= 11 is 3.40. The van der Waals surface area contributed by atoms with Crippen LogP contribution in [0.5, 0.6) is 5.75 Å². The van der Waals surface area contributed by atoms with Gasteiger partial charge in [0, 0.05) is 37.2 Å². The summed E-state index contributed by atoms with van der Waals surface area (Å²) in [5, 5.41) is 2.79. The third-order valence-electron chi connectivity index (χ3n) is 4.45. The molecule has 2 heterocycles. The third kappa shape index (κ3) is 5.59. The second kappa shape index (κ2) is 9.75. The summed E-state index contributed by atoms with van der Waals surface area (Å²) in [6, 6.07) is 11.0. The molecule has 1 aliphatic rings. The molecule has 1 aromatic carbocycles. The lowest BCUT2D eigenvalue weighted by atomic mass is 10.3. The first-order valence-corrected chi connectivity index (χ1v) is 10.1. The molecule has 0 saturated carbocycles. The van der Waals surface area contributed by atoms with Crippen molar-refractivity contribution in [2.24, 2.45) is 0 Å². The van der Waals surface area contributed by atoms with Crippen LogP contribution in [0.4, 0.5) is 0 Å². The molecule has 7 nitrogen and oxygen atoms in total. The molecule has 2 amide bonds. The number of nitrogens with one attached hydrogen (secondary N) is 1. The van der Waals surface area contributed by atoms with Crippen molar-refractivity contribution in [2.75, 3.05) is 39.3 Å². The predicted molar refractivity (Wildman–Crippen MR) is 108 cm³/mol. The zero-order valence-electron chi connectivity index (χ0n) is 15.8. The van der Waals surface area contributed by atoms with Gasteiger partial charge < -0.3 is 19.4 Å². The average molecular weight is 450 g/mol. The van der Waals surface area contributed by atoms with Crippen molar-refractivity contribution in [2.45, 2.75) is 13.5 Å². The quantitative estimate of drug-likeness (QED) is 0.702. The Balaban J connectivity index is 1.48. The summed E-state index contributed by atoms with van der Waals surface area (Å²) in [7, 11) is 0. The maximum absolute atomic E-state index is 12.7. The Labute approximate surface area is 172 Å². The van der Waals surface area contributed by atoms with Crippen molar-refractivity contribution in [3.63, 3.8) is 0 Å². The number of hydrogen-bond donors (Lipinski definition) is 1. The molecule has 0 spiro atoms. The number of carbonyl (C=O) groups is 2. The van der Waals surface area contributed by atoms with Crippen LogP contribution in [0, 0.1) is 0 Å². The van der Waals surface area contributed by atoms with E-state index in [1.54, 1.807) is 17.0 Å². The molecule has 3 rings (SSSR count). The number of likely N-dealkylation sites (N-methyl/N-ethyl adjacent to an activating group) is 1. The average Bonchev–Trinajstić information content (AvgIpc) is 3.16. The van der Waals surface area contributed by atoms with Gasteiger partial charge >= 0.3 is 0 Å². The first kappa shape index (κ1) is 20.4. The van der Waals surface area contributed by atoms with Gasteiger partial charge in [-0.3, -0.25) is 14.5 Å². The highest BCUT2D eigenvalue weighted by atomic mass is 79.9. The summed E-state index contributed by atoms with van der Waals surface area (Å²) in [5.74, 6) is 1.51. The van der Waals surface area contributed by atoms with Crippen molar-refractivity contribution < 1.29 is 18.7 Å². The van der Waals surface area contributed by atoms with Crippen molar-refractivity contribution in [1.29, 1.82) is 0 Å². The number of halogens is 1. The van der Waals surface area contributed by atoms with Crippen molar-refractivity contribution in [3.05, 3.63) is 52.4 Å². The summed E-state index contributed by atoms with van der Waals surface area (Å²) in [5.41, 5.74) is 0. The summed E-state index contributed by atoms with van der Waals surface area (Å²) in [4.78, 5) is 28.1. The Morgan fingerprint density at radius 1 is 1.18 bits per heavy atom. The molecule has 2 aromatic rings. The molecule has 1 saturated heterocycles. The number of furan rings is 1. The van der Waals surface area contributed by atoms with E-state index in [0.29, 0.717) is 50.8 Å². The summed E-state index contributed by atoms with van der Waals surface area (Å²) in [6.07, 6.45) is 0. The molecule has 0 unspecified atom stereocenters. The highest BCUT2D eigenvalue weighted by Gasteiger charge is 2.25. The van der Waals surface area contributed by atoms with Gasteiger partial charge in [-0.25, -0.2) is 0 Å². The number of rotatable bonds is 7. The van der Waals surface area contributed by atoms with E-state index in [2.05, 4.69) is 21.2 Å². The second-order valence-corrected chi connectivity index (χ2v) is 7.45. The number of amides is 2. The Morgan fingerprint density at radius 3 is 2.68 bits per heavy atom. The minimum absolute atomic E-state index is 0.0170. The van der Waals surface area contributed by atoms with Gasteiger partial charge in [0.1, 0.15) is 18.1 Å². The van der Waals surface area contributed by atoms with E-state index in [4.69, 9.17) is 9.15 Å². The molecule has 1 aliphatic heterocycles. The highest BCUT2D eigenvalue weighted by molar-refractivity contribution is 9.10. The predicted octanol–water partition coefficient (Wildman–Crippen LogP) is 2.52. The molecule has 8 heteroatoms. The van der Waals surface area contributed by atoms with Crippen LogP contribution in [0.1, 0.15) is 23.2 Å². The number of piperazine rings is 1. The van der Waals surface area contributed by atoms with Gasteiger partial charge in [-0.2, -0.15) is 0 Å². The smallest absolute Gasteiger partial charge is 0.289 e. The Hall–Kier alpha value is -2.32. The lowest BCUT2D eigenvalue weighted by Crippen LogP contribution is -2.51. The fourth-order valence-corrected chi connectivity index (χ4v) is 3.38. The van der Waals surface area contributed by atoms with Gasteiger partial charge in [-0.1, -0.05) is 22.0 Å². The summed E-state index contributed by atoms with van der Waals surface area (Å²) < 4.78 is 12.3. The standard InChI is InChI=1S/C20H24BrN3O4/c1-2-22-19(25)13-23-8-10-24(11-9-23)20(26)18-7-6-17(28-18)14-27-16-5-3-4-15(21)12-16/h3-7,12H,2,8-11,13-14H2,1H3,(H,22,25). The van der Waals surface area contributed by atoms with E-state index in [0.717, 1.165) is 10.2 Å². The highest BCUT2D eigenvalue weighted by Crippen LogP contribution is 2.20. The van der Waals surface area contributed by atoms with E-state index in [-0.39, 0.29) is 18.4 Å². The van der Waals surface area contributed by atoms with Crippen LogP contribution in [0.2, 0.25) is 0 Å². The lowest BCUT2D eigenvalue weighted by Gasteiger charge is -2.33. The largest absolute Gasteiger partial charge is 0.486 e. The molecule has 1 N–H and O–H groups in total. The molecular weight excluding hydrogens is 426 g/mol. The van der Waals surface area contributed by atoms with E-state index in [9.17, 15) is 9.59 Å². The number of nitrogens with zero attached hydrogens (tertiary/aromatic N) is 2. The summed E-state index contributed by atoms with van der Waals surface area (Å²) in [6.45, 7) is 5.63. The number of carbonyl (C=O) groups excluding carboxylic acids is 2. The number of ether oxygens (including phenoxy) is 1. The van der Waals surface area contributed by atoms with E-state index < -0.39 is 0 Å². The molecule has 150 valence electrons. The minimum atomic E-state index is -0.133. The van der Waals surface area contributed by atoms with Crippen molar-refractivity contribution >= 4 is 27.7 Å². The van der Waals surface area contributed by atoms with E-state index in [1.165, 1.54) is 0 Å². The maximum Gasteiger partial charge on any atom is 0.289 e. The monoisotopic (exact) mass is 449 g/mol. The van der Waals surface area contributed by atoms with Gasteiger partial charge in [0.15, 0.2) is 5.76 Å². The Bertz CT molecular complexity index is 815. The van der Waals surface area contributed by atoms with Crippen LogP contribution in [0.3, 0.4) is 0 Å². The molecule has 28 heavy (non-hydrogen) atoms. The Morgan fingerprint density at radius 2 is 1.96 bits per heavy atom. The van der Waals surface area contributed by atoms with Gasteiger partial charge in [-0.15, -0.1) is 0 Å². The fourth-order valence-electron chi connectivity index (χ4n) is 3.00. The van der Waals surface area contributed by atoms with Crippen LogP contribution < -0.4 is 10.1 Å². The van der Waals surface area contributed by atoms with Gasteiger partial charge in [0.25, 0.3) is 5.91 Å². The van der Waals surface area contributed by atoms with Crippen LogP contribution in [0.25, 0.3) is 0 Å². The van der Waals surface area contributed by atoms with E-state index in [1.807, 2.05) is 36.1 Å². The van der Waals surface area contributed by atoms with Crippen molar-refractivity contribution in [3.8, 4) is 5.75 Å². The molecule has 0 atom stereocenters. The molecule has 1 fully saturated rings. The molecule has 1 aromatic heterocycles. The zero-order chi connectivity index (χ0) is 19.9. The SMILES string of the molecule is CCNC(=O)CN1CCN(C(=O)c2ccc(COc3cccc(Br)c3)o2)CC1. The Kier molecular flexibility index (Phi) is 7.11. The van der Waals surface area contributed by atoms with Gasteiger partial charge in [-0.05, 0) is 37.3 Å². The normalized spacial score (nSPS) is 14.7. The lowest BCUT2D eigenvalue weighted by molar-refractivity contribution is -0.122. The zero-order valence-corrected chi connectivity index (χ0v) is 17.4. The molecule has 0 aliphatic carbocycles. The second-order valence-electron chi connectivity index (χ2n) is 6.53. The minimum Gasteiger partial charge on any atom is -0.486 e. The van der Waals surface area contributed by atoms with Crippen LogP contribution in [0.15, 0.2) is 45.3 Å². The van der Waals surface area contributed by atoms with E-state index >= 15 is 0 Å². The van der Waals surface area contributed by atoms with Crippen LogP contribution in [-0.4, -0.2) is 60.9 Å². The molecular formula is C20H24BrN3O4. The maximum atomic E-state index is 12.7. The topological polar surface area (TPSA) is 75.0 Å². The number of hydrogen-bond acceptors (Lipinski definition) is 5. The third-order valence-corrected chi connectivity index (χ3v) is 4.94. The number of benzene rings is 1.